The van der Waals surface area contributed by atoms with Crippen molar-refractivity contribution in [3.63, 3.8) is 0 Å². The quantitative estimate of drug-likeness (QED) is 0.502. The number of benzene rings is 1. The van der Waals surface area contributed by atoms with E-state index in [1.807, 2.05) is 0 Å². The third-order valence-electron chi connectivity index (χ3n) is 3.82. The Kier molecular flexibility index (Phi) is 7.46. The Morgan fingerprint density at radius 3 is 2.75 bits per heavy atom. The van der Waals surface area contributed by atoms with Crippen LogP contribution in [-0.4, -0.2) is 63.8 Å². The molecule has 0 spiro atoms. The van der Waals surface area contributed by atoms with Gasteiger partial charge in [0.25, 0.3) is 5.91 Å². The van der Waals surface area contributed by atoms with Crippen LogP contribution < -0.4 is 31.3 Å². The van der Waals surface area contributed by atoms with Crippen molar-refractivity contribution >= 4 is 29.2 Å². The van der Waals surface area contributed by atoms with E-state index in [2.05, 4.69) is 20.7 Å². The van der Waals surface area contributed by atoms with Crippen molar-refractivity contribution in [1.82, 2.24) is 10.6 Å². The predicted molar refractivity (Wildman–Crippen MR) is 95.3 cm³/mol. The van der Waals surface area contributed by atoms with Crippen LogP contribution in [0.25, 0.3) is 0 Å². The normalized spacial score (nSPS) is 15.2. The highest BCUT2D eigenvalue weighted by molar-refractivity contribution is 5.99. The fourth-order valence-electron chi connectivity index (χ4n) is 2.45. The molecule has 0 aromatic heterocycles. The lowest BCUT2D eigenvalue weighted by Crippen LogP contribution is -2.50. The maximum atomic E-state index is 12.8. The Morgan fingerprint density at radius 1 is 1.39 bits per heavy atom. The Bertz CT molecular complexity index is 733. The lowest BCUT2D eigenvalue weighted by molar-refractivity contribution is -0.125. The second-order valence-corrected chi connectivity index (χ2v) is 5.66. The average molecular weight is 401 g/mol. The van der Waals surface area contributed by atoms with Gasteiger partial charge in [-0.3, -0.25) is 9.59 Å². The van der Waals surface area contributed by atoms with E-state index in [0.717, 1.165) is 0 Å². The van der Waals surface area contributed by atoms with Crippen LogP contribution in [0.3, 0.4) is 0 Å². The zero-order valence-electron chi connectivity index (χ0n) is 15.0. The van der Waals surface area contributed by atoms with Crippen LogP contribution >= 0.6 is 0 Å². The van der Waals surface area contributed by atoms with Crippen LogP contribution in [0, 0.1) is 0 Å². The number of carbonyl (C=O) groups excluding carboxylic acids is 3. The number of rotatable bonds is 7. The number of alkyl halides is 2. The van der Waals surface area contributed by atoms with Gasteiger partial charge >= 0.3 is 12.6 Å². The molecule has 1 atom stereocenters. The van der Waals surface area contributed by atoms with Gasteiger partial charge in [-0.1, -0.05) is 0 Å². The Labute approximate surface area is 159 Å². The smallest absolute Gasteiger partial charge is 0.387 e. The van der Waals surface area contributed by atoms with Gasteiger partial charge in [0.05, 0.1) is 12.3 Å². The van der Waals surface area contributed by atoms with Gasteiger partial charge in [-0.05, 0) is 12.1 Å². The van der Waals surface area contributed by atoms with Crippen LogP contribution in [0.5, 0.6) is 5.75 Å². The van der Waals surface area contributed by atoms with E-state index in [9.17, 15) is 23.2 Å². The minimum atomic E-state index is -3.15. The Morgan fingerprint density at radius 2 is 2.14 bits per heavy atom. The van der Waals surface area contributed by atoms with Crippen LogP contribution in [0.2, 0.25) is 0 Å². The van der Waals surface area contributed by atoms with Crippen molar-refractivity contribution in [2.75, 3.05) is 43.6 Å². The summed E-state index contributed by atoms with van der Waals surface area (Å²) in [5, 5.41) is 6.99. The number of ether oxygens (including phenoxy) is 2. The summed E-state index contributed by atoms with van der Waals surface area (Å²) >= 11 is 0. The summed E-state index contributed by atoms with van der Waals surface area (Å²) in [6.07, 6.45) is 0. The standard InChI is InChI=1S/C16H21F2N5O5/c1-20-16(26)22-11(7-19)14(25)21-10-3-2-9(6-12(10)28-15(17)18)23-4-5-27-8-13(23)24/h2-3,6,11,15H,4-5,7-8,19H2,1H3,(H,21,25)(H2,20,22,26)/t11-/m1/s1. The number of halogens is 2. The molecule has 2 rings (SSSR count). The number of hydrogen-bond donors (Lipinski definition) is 4. The van der Waals surface area contributed by atoms with Gasteiger partial charge in [-0.2, -0.15) is 8.78 Å². The third kappa shape index (κ3) is 5.50. The fourth-order valence-corrected chi connectivity index (χ4v) is 2.45. The summed E-state index contributed by atoms with van der Waals surface area (Å²) in [5.74, 6) is -1.39. The minimum Gasteiger partial charge on any atom is -0.433 e. The van der Waals surface area contributed by atoms with Gasteiger partial charge in [0, 0.05) is 31.9 Å². The van der Waals surface area contributed by atoms with Crippen molar-refractivity contribution in [3.05, 3.63) is 18.2 Å². The van der Waals surface area contributed by atoms with Gasteiger partial charge < -0.3 is 36.1 Å². The molecule has 1 saturated heterocycles. The third-order valence-corrected chi connectivity index (χ3v) is 3.82. The summed E-state index contributed by atoms with van der Waals surface area (Å²) < 4.78 is 35.1. The van der Waals surface area contributed by atoms with Gasteiger partial charge in [-0.25, -0.2) is 4.79 Å². The number of nitrogens with zero attached hydrogens (tertiary/aromatic N) is 1. The molecule has 0 saturated carbocycles. The summed E-state index contributed by atoms with van der Waals surface area (Å²) in [4.78, 5) is 37.0. The van der Waals surface area contributed by atoms with Crippen LogP contribution in [0.15, 0.2) is 18.2 Å². The monoisotopic (exact) mass is 401 g/mol. The second-order valence-electron chi connectivity index (χ2n) is 5.66. The van der Waals surface area contributed by atoms with Gasteiger partial charge in [0.2, 0.25) is 5.91 Å². The van der Waals surface area contributed by atoms with E-state index in [-0.39, 0.29) is 37.0 Å². The first kappa shape index (κ1) is 21.3. The molecule has 1 aliphatic rings. The molecule has 0 radical (unpaired) electrons. The number of nitrogens with two attached hydrogens (primary N) is 1. The first-order valence-electron chi connectivity index (χ1n) is 8.31. The SMILES string of the molecule is CNC(=O)N[C@H](CN)C(=O)Nc1ccc(N2CCOCC2=O)cc1OC(F)F. The average Bonchev–Trinajstić information content (AvgIpc) is 2.67. The number of nitrogens with one attached hydrogen (secondary N) is 3. The van der Waals surface area contributed by atoms with Crippen LogP contribution in [0.4, 0.5) is 25.0 Å². The molecule has 1 fully saturated rings. The molecule has 154 valence electrons. The molecule has 12 heteroatoms. The molecule has 0 aliphatic carbocycles. The molecule has 0 unspecified atom stereocenters. The summed E-state index contributed by atoms with van der Waals surface area (Å²) in [6.45, 7) is -2.93. The highest BCUT2D eigenvalue weighted by Gasteiger charge is 2.24. The number of urea groups is 1. The first-order chi connectivity index (χ1) is 13.3. The van der Waals surface area contributed by atoms with Crippen molar-refractivity contribution in [2.24, 2.45) is 5.73 Å². The zero-order valence-corrected chi connectivity index (χ0v) is 15.0. The van der Waals surface area contributed by atoms with Crippen molar-refractivity contribution < 1.29 is 32.6 Å². The number of morpholine rings is 1. The Hall–Kier alpha value is -2.99. The van der Waals surface area contributed by atoms with Crippen molar-refractivity contribution in [1.29, 1.82) is 0 Å². The summed E-state index contributed by atoms with van der Waals surface area (Å²) in [7, 11) is 1.36. The molecule has 1 aromatic carbocycles. The van der Waals surface area contributed by atoms with Gasteiger partial charge in [0.1, 0.15) is 12.6 Å². The van der Waals surface area contributed by atoms with E-state index in [0.29, 0.717) is 12.3 Å². The van der Waals surface area contributed by atoms with Gasteiger partial charge in [0.15, 0.2) is 5.75 Å². The largest absolute Gasteiger partial charge is 0.433 e. The van der Waals surface area contributed by atoms with E-state index >= 15 is 0 Å². The molecule has 1 aliphatic heterocycles. The minimum absolute atomic E-state index is 0.0630. The first-order valence-corrected chi connectivity index (χ1v) is 8.31. The predicted octanol–water partition coefficient (Wildman–Crippen LogP) is -0.154. The molecule has 1 heterocycles. The van der Waals surface area contributed by atoms with E-state index in [1.165, 1.54) is 30.1 Å². The number of anilines is 2. The number of carbonyl (C=O) groups is 3. The molecule has 4 amide bonds. The molecule has 1 aromatic rings. The zero-order chi connectivity index (χ0) is 20.7. The molecular formula is C16H21F2N5O5. The van der Waals surface area contributed by atoms with Crippen molar-refractivity contribution in [3.8, 4) is 5.75 Å². The fraction of sp³-hybridized carbons (Fsp3) is 0.438. The van der Waals surface area contributed by atoms with Crippen molar-refractivity contribution in [2.45, 2.75) is 12.7 Å². The lowest BCUT2D eigenvalue weighted by atomic mass is 10.2. The molecular weight excluding hydrogens is 380 g/mol. The van der Waals surface area contributed by atoms with Crippen LogP contribution in [0.1, 0.15) is 0 Å². The maximum absolute atomic E-state index is 12.8. The lowest BCUT2D eigenvalue weighted by Gasteiger charge is -2.27. The highest BCUT2D eigenvalue weighted by atomic mass is 19.3. The topological polar surface area (TPSA) is 135 Å². The van der Waals surface area contributed by atoms with Crippen LogP contribution in [-0.2, 0) is 14.3 Å². The summed E-state index contributed by atoms with van der Waals surface area (Å²) in [5.41, 5.74) is 5.73. The second kappa shape index (κ2) is 9.80. The number of hydrogen-bond acceptors (Lipinski definition) is 6. The van der Waals surface area contributed by atoms with Gasteiger partial charge in [-0.15, -0.1) is 0 Å². The van der Waals surface area contributed by atoms with E-state index in [1.54, 1.807) is 0 Å². The summed E-state index contributed by atoms with van der Waals surface area (Å²) in [6, 6.07) is 2.28. The molecule has 28 heavy (non-hydrogen) atoms. The molecule has 5 N–H and O–H groups in total. The van der Waals surface area contributed by atoms with E-state index < -0.39 is 24.6 Å². The Balaban J connectivity index is 2.23. The molecule has 0 bridgehead atoms. The number of amides is 4. The maximum Gasteiger partial charge on any atom is 0.387 e. The highest BCUT2D eigenvalue weighted by Crippen LogP contribution is 2.32. The molecule has 10 nitrogen and oxygen atoms in total. The van der Waals surface area contributed by atoms with E-state index in [4.69, 9.17) is 10.5 Å².